The second-order valence-corrected chi connectivity index (χ2v) is 9.36. The maximum Gasteiger partial charge on any atom is 0.264 e. The first-order valence-electron chi connectivity index (χ1n) is 9.11. The zero-order chi connectivity index (χ0) is 21.6. The lowest BCUT2D eigenvalue weighted by atomic mass is 10.3. The van der Waals surface area contributed by atoms with Crippen molar-refractivity contribution in [2.24, 2.45) is 0 Å². The first-order valence-corrected chi connectivity index (χ1v) is 11.5. The number of thioether (sulfide) groups is 1. The molecule has 1 amide bonds. The van der Waals surface area contributed by atoms with E-state index < -0.39 is 10.0 Å². The lowest BCUT2D eigenvalue weighted by Crippen LogP contribution is -2.26. The highest BCUT2D eigenvalue weighted by Crippen LogP contribution is 2.25. The van der Waals surface area contributed by atoms with Crippen molar-refractivity contribution in [1.29, 1.82) is 0 Å². The Labute approximate surface area is 180 Å². The molecular weight excluding hydrogens is 420 g/mol. The number of carbonyl (C=O) groups is 1. The van der Waals surface area contributed by atoms with Crippen molar-refractivity contribution in [3.05, 3.63) is 78.9 Å². The summed E-state index contributed by atoms with van der Waals surface area (Å²) < 4.78 is 31.9. The molecule has 3 rings (SSSR count). The highest BCUT2D eigenvalue weighted by Gasteiger charge is 2.21. The molecule has 156 valence electrons. The van der Waals surface area contributed by atoms with Crippen LogP contribution >= 0.6 is 11.8 Å². The Morgan fingerprint density at radius 3 is 2.20 bits per heavy atom. The largest absolute Gasteiger partial charge is 0.497 e. The Hall–Kier alpha value is -2.97. The van der Waals surface area contributed by atoms with E-state index in [1.807, 2.05) is 6.07 Å². The molecule has 0 heterocycles. The fraction of sp³-hybridized carbons (Fsp3) is 0.136. The Kier molecular flexibility index (Phi) is 7.02. The number of carbonyl (C=O) groups excluding carboxylic acids is 1. The van der Waals surface area contributed by atoms with Gasteiger partial charge in [-0.1, -0.05) is 18.2 Å². The average Bonchev–Trinajstić information content (AvgIpc) is 2.78. The molecule has 0 saturated heterocycles. The maximum absolute atomic E-state index is 12.8. The lowest BCUT2D eigenvalue weighted by molar-refractivity contribution is -0.113. The topological polar surface area (TPSA) is 75.7 Å². The van der Waals surface area contributed by atoms with Crippen LogP contribution in [0.5, 0.6) is 5.75 Å². The van der Waals surface area contributed by atoms with Gasteiger partial charge in [0, 0.05) is 17.6 Å². The Morgan fingerprint density at radius 1 is 0.967 bits per heavy atom. The minimum Gasteiger partial charge on any atom is -0.497 e. The highest BCUT2D eigenvalue weighted by molar-refractivity contribution is 8.00. The summed E-state index contributed by atoms with van der Waals surface area (Å²) in [4.78, 5) is 13.1. The minimum absolute atomic E-state index is 0.148. The molecule has 0 radical (unpaired) electrons. The number of benzene rings is 3. The third-order valence-electron chi connectivity index (χ3n) is 4.35. The van der Waals surface area contributed by atoms with E-state index in [9.17, 15) is 13.2 Å². The van der Waals surface area contributed by atoms with E-state index in [4.69, 9.17) is 4.74 Å². The van der Waals surface area contributed by atoms with E-state index in [0.29, 0.717) is 11.4 Å². The van der Waals surface area contributed by atoms with Crippen LogP contribution in [0.2, 0.25) is 0 Å². The molecule has 30 heavy (non-hydrogen) atoms. The van der Waals surface area contributed by atoms with Crippen molar-refractivity contribution in [2.45, 2.75) is 9.79 Å². The van der Waals surface area contributed by atoms with Gasteiger partial charge in [0.25, 0.3) is 10.0 Å². The molecule has 0 atom stereocenters. The van der Waals surface area contributed by atoms with Crippen LogP contribution in [0.25, 0.3) is 0 Å². The van der Waals surface area contributed by atoms with Gasteiger partial charge in [-0.15, -0.1) is 11.8 Å². The van der Waals surface area contributed by atoms with Gasteiger partial charge in [-0.25, -0.2) is 8.42 Å². The van der Waals surface area contributed by atoms with Crippen molar-refractivity contribution in [2.75, 3.05) is 29.5 Å². The van der Waals surface area contributed by atoms with Crippen LogP contribution < -0.4 is 14.4 Å². The Morgan fingerprint density at radius 2 is 1.60 bits per heavy atom. The van der Waals surface area contributed by atoms with Crippen molar-refractivity contribution in [3.63, 3.8) is 0 Å². The third kappa shape index (κ3) is 5.34. The number of hydrogen-bond acceptors (Lipinski definition) is 5. The van der Waals surface area contributed by atoms with Gasteiger partial charge < -0.3 is 10.1 Å². The van der Waals surface area contributed by atoms with Crippen LogP contribution in [-0.2, 0) is 14.8 Å². The zero-order valence-corrected chi connectivity index (χ0v) is 18.2. The van der Waals surface area contributed by atoms with Crippen molar-refractivity contribution in [1.82, 2.24) is 0 Å². The quantitative estimate of drug-likeness (QED) is 0.528. The molecule has 0 aliphatic heterocycles. The Bertz CT molecular complexity index is 1080. The molecule has 3 aromatic carbocycles. The van der Waals surface area contributed by atoms with Crippen molar-refractivity contribution >= 4 is 39.1 Å². The first kappa shape index (κ1) is 21.7. The Balaban J connectivity index is 1.59. The number of para-hydroxylation sites is 1. The van der Waals surface area contributed by atoms with Gasteiger partial charge in [-0.3, -0.25) is 9.10 Å². The second kappa shape index (κ2) is 9.69. The summed E-state index contributed by atoms with van der Waals surface area (Å²) in [5, 5.41) is 2.81. The fourth-order valence-corrected chi connectivity index (χ4v) is 4.56. The first-order chi connectivity index (χ1) is 14.4. The normalized spacial score (nSPS) is 11.0. The van der Waals surface area contributed by atoms with Gasteiger partial charge in [-0.05, 0) is 60.7 Å². The summed E-state index contributed by atoms with van der Waals surface area (Å²) in [5.74, 6) is 0.781. The molecule has 0 aliphatic carbocycles. The number of anilines is 2. The van der Waals surface area contributed by atoms with Crippen LogP contribution in [0.3, 0.4) is 0 Å². The SMILES string of the molecule is COc1ccc(NC(=O)CSc2ccc(S(=O)(=O)N(C)c3ccccc3)cc2)cc1. The second-order valence-electron chi connectivity index (χ2n) is 6.34. The third-order valence-corrected chi connectivity index (χ3v) is 7.16. The molecule has 1 N–H and O–H groups in total. The van der Waals surface area contributed by atoms with Crippen LogP contribution in [0, 0.1) is 0 Å². The molecule has 0 aromatic heterocycles. The minimum atomic E-state index is -3.65. The highest BCUT2D eigenvalue weighted by atomic mass is 32.2. The molecule has 6 nitrogen and oxygen atoms in total. The van der Waals surface area contributed by atoms with Gasteiger partial charge in [0.05, 0.1) is 23.4 Å². The van der Waals surface area contributed by atoms with E-state index in [1.165, 1.54) is 23.1 Å². The molecule has 0 saturated carbocycles. The zero-order valence-electron chi connectivity index (χ0n) is 16.6. The van der Waals surface area contributed by atoms with Crippen LogP contribution in [-0.4, -0.2) is 34.2 Å². The molecule has 8 heteroatoms. The molecule has 0 bridgehead atoms. The summed E-state index contributed by atoms with van der Waals surface area (Å²) in [6.45, 7) is 0. The van der Waals surface area contributed by atoms with Gasteiger partial charge in [0.1, 0.15) is 5.75 Å². The van der Waals surface area contributed by atoms with E-state index >= 15 is 0 Å². The number of hydrogen-bond donors (Lipinski definition) is 1. The standard InChI is InChI=1S/C22H22N2O4S2/c1-24(18-6-4-3-5-7-18)30(26,27)21-14-12-20(13-15-21)29-16-22(25)23-17-8-10-19(28-2)11-9-17/h3-15H,16H2,1-2H3,(H,23,25). The van der Waals surface area contributed by atoms with E-state index in [-0.39, 0.29) is 16.6 Å². The predicted octanol–water partition coefficient (Wildman–Crippen LogP) is 4.25. The summed E-state index contributed by atoms with van der Waals surface area (Å²) in [7, 11) is -0.544. The summed E-state index contributed by atoms with van der Waals surface area (Å²) in [6.07, 6.45) is 0. The lowest BCUT2D eigenvalue weighted by Gasteiger charge is -2.19. The molecule has 3 aromatic rings. The molecule has 0 aliphatic rings. The van der Waals surface area contributed by atoms with E-state index in [0.717, 1.165) is 10.6 Å². The van der Waals surface area contributed by atoms with Gasteiger partial charge in [-0.2, -0.15) is 0 Å². The summed E-state index contributed by atoms with van der Waals surface area (Å²) in [5.41, 5.74) is 1.28. The van der Waals surface area contributed by atoms with Gasteiger partial charge in [0.2, 0.25) is 5.91 Å². The smallest absolute Gasteiger partial charge is 0.264 e. The summed E-state index contributed by atoms with van der Waals surface area (Å²) >= 11 is 1.33. The van der Waals surface area contributed by atoms with Crippen molar-refractivity contribution in [3.8, 4) is 5.75 Å². The van der Waals surface area contributed by atoms with E-state index in [2.05, 4.69) is 5.32 Å². The van der Waals surface area contributed by atoms with Crippen molar-refractivity contribution < 1.29 is 17.9 Å². The monoisotopic (exact) mass is 442 g/mol. The van der Waals surface area contributed by atoms with E-state index in [1.54, 1.807) is 79.9 Å². The van der Waals surface area contributed by atoms with Crippen LogP contribution in [0.4, 0.5) is 11.4 Å². The number of methoxy groups -OCH3 is 1. The number of nitrogens with one attached hydrogen (secondary N) is 1. The number of nitrogens with zero attached hydrogens (tertiary/aromatic N) is 1. The number of amides is 1. The number of sulfonamides is 1. The van der Waals surface area contributed by atoms with Crippen LogP contribution in [0.15, 0.2) is 88.7 Å². The van der Waals surface area contributed by atoms with Gasteiger partial charge in [0.15, 0.2) is 0 Å². The predicted molar refractivity (Wildman–Crippen MR) is 121 cm³/mol. The molecule has 0 unspecified atom stereocenters. The molecular formula is C22H22N2O4S2. The fourth-order valence-electron chi connectivity index (χ4n) is 2.66. The number of ether oxygens (including phenoxy) is 1. The van der Waals surface area contributed by atoms with Gasteiger partial charge >= 0.3 is 0 Å². The molecule has 0 spiro atoms. The van der Waals surface area contributed by atoms with Crippen LogP contribution in [0.1, 0.15) is 0 Å². The summed E-state index contributed by atoms with van der Waals surface area (Å²) in [6, 6.07) is 22.5. The average molecular weight is 443 g/mol. The molecule has 0 fully saturated rings. The number of rotatable bonds is 8. The maximum atomic E-state index is 12.8.